The topological polar surface area (TPSA) is 75.8 Å². The van der Waals surface area contributed by atoms with Crippen molar-refractivity contribution in [1.82, 2.24) is 19.8 Å². The fraction of sp³-hybridized carbons (Fsp3) is 0.542. The lowest BCUT2D eigenvalue weighted by Gasteiger charge is -2.36. The van der Waals surface area contributed by atoms with E-state index in [0.29, 0.717) is 44.6 Å². The molecule has 5 rings (SSSR count). The molecule has 2 saturated heterocycles. The number of rotatable bonds is 5. The number of aryl methyl sites for hydroxylation is 1. The number of aromatic nitrogens is 2. The Morgan fingerprint density at radius 1 is 0.969 bits per heavy atom. The van der Waals surface area contributed by atoms with Gasteiger partial charge in [-0.2, -0.15) is 0 Å². The average molecular weight is 437 g/mol. The maximum absolute atomic E-state index is 12.3. The molecule has 8 heteroatoms. The second kappa shape index (κ2) is 8.94. The van der Waals surface area contributed by atoms with Crippen LogP contribution in [-0.4, -0.2) is 78.0 Å². The van der Waals surface area contributed by atoms with Crippen molar-refractivity contribution in [2.45, 2.75) is 26.3 Å². The van der Waals surface area contributed by atoms with E-state index in [4.69, 9.17) is 4.98 Å². The van der Waals surface area contributed by atoms with Crippen LogP contribution in [0.15, 0.2) is 35.1 Å². The standard InChI is InChI=1S/C24H32N6O2/c1-18-2-6-21(7-3-18)28-10-8-27(9-11-28)17-20-16-22(31)26-24(25-20)30-14-12-29(13-15-30)23(32)19-4-5-19/h2-3,6-7,16,19H,4-5,8-15,17H2,1H3,(H,25,26,31). The molecule has 32 heavy (non-hydrogen) atoms. The molecule has 8 nitrogen and oxygen atoms in total. The number of carbonyl (C=O) groups excluding carboxylic acids is 1. The van der Waals surface area contributed by atoms with E-state index >= 15 is 0 Å². The van der Waals surface area contributed by atoms with Crippen LogP contribution in [-0.2, 0) is 11.3 Å². The molecule has 3 fully saturated rings. The Kier molecular flexibility index (Phi) is 5.87. The number of benzene rings is 1. The van der Waals surface area contributed by atoms with Gasteiger partial charge in [0, 0.05) is 76.6 Å². The van der Waals surface area contributed by atoms with Gasteiger partial charge in [-0.15, -0.1) is 0 Å². The number of anilines is 2. The van der Waals surface area contributed by atoms with E-state index < -0.39 is 0 Å². The third-order valence-electron chi connectivity index (χ3n) is 6.76. The van der Waals surface area contributed by atoms with Crippen molar-refractivity contribution in [2.75, 3.05) is 62.2 Å². The lowest BCUT2D eigenvalue weighted by atomic mass is 10.2. The predicted molar refractivity (Wildman–Crippen MR) is 125 cm³/mol. The molecule has 0 atom stereocenters. The quantitative estimate of drug-likeness (QED) is 0.765. The monoisotopic (exact) mass is 436 g/mol. The third kappa shape index (κ3) is 4.80. The van der Waals surface area contributed by atoms with E-state index in [-0.39, 0.29) is 11.5 Å². The highest BCUT2D eigenvalue weighted by Gasteiger charge is 2.34. The van der Waals surface area contributed by atoms with Gasteiger partial charge < -0.3 is 14.7 Å². The van der Waals surface area contributed by atoms with Gasteiger partial charge in [0.15, 0.2) is 0 Å². The third-order valence-corrected chi connectivity index (χ3v) is 6.76. The van der Waals surface area contributed by atoms with Gasteiger partial charge in [0.2, 0.25) is 11.9 Å². The van der Waals surface area contributed by atoms with Gasteiger partial charge in [-0.25, -0.2) is 4.98 Å². The number of H-pyrrole nitrogens is 1. The lowest BCUT2D eigenvalue weighted by Crippen LogP contribution is -2.50. The van der Waals surface area contributed by atoms with Crippen LogP contribution >= 0.6 is 0 Å². The maximum Gasteiger partial charge on any atom is 0.252 e. The summed E-state index contributed by atoms with van der Waals surface area (Å²) in [6, 6.07) is 10.3. The molecule has 170 valence electrons. The van der Waals surface area contributed by atoms with Crippen molar-refractivity contribution in [3.05, 3.63) is 51.9 Å². The summed E-state index contributed by atoms with van der Waals surface area (Å²) in [7, 11) is 0. The molecule has 0 bridgehead atoms. The van der Waals surface area contributed by atoms with Crippen molar-refractivity contribution in [3.8, 4) is 0 Å². The molecule has 1 aromatic heterocycles. The van der Waals surface area contributed by atoms with E-state index in [1.807, 2.05) is 4.90 Å². The van der Waals surface area contributed by atoms with Gasteiger partial charge in [0.05, 0.1) is 5.69 Å². The minimum Gasteiger partial charge on any atom is -0.369 e. The molecule has 0 spiro atoms. The Hall–Kier alpha value is -2.87. The molecule has 1 saturated carbocycles. The van der Waals surface area contributed by atoms with Crippen molar-refractivity contribution >= 4 is 17.5 Å². The first kappa shape index (κ1) is 21.0. The highest BCUT2D eigenvalue weighted by atomic mass is 16.2. The lowest BCUT2D eigenvalue weighted by molar-refractivity contribution is -0.132. The number of hydrogen-bond donors (Lipinski definition) is 1. The van der Waals surface area contributed by atoms with Crippen molar-refractivity contribution < 1.29 is 4.79 Å². The Morgan fingerprint density at radius 3 is 2.28 bits per heavy atom. The van der Waals surface area contributed by atoms with Crippen LogP contribution in [0.25, 0.3) is 0 Å². The summed E-state index contributed by atoms with van der Waals surface area (Å²) in [5.41, 5.74) is 3.24. The molecule has 3 aliphatic rings. The van der Waals surface area contributed by atoms with Gasteiger partial charge in [-0.05, 0) is 31.9 Å². The summed E-state index contributed by atoms with van der Waals surface area (Å²) < 4.78 is 0. The highest BCUT2D eigenvalue weighted by Crippen LogP contribution is 2.31. The molecule has 2 aromatic rings. The zero-order valence-electron chi connectivity index (χ0n) is 18.8. The molecule has 2 aliphatic heterocycles. The predicted octanol–water partition coefficient (Wildman–Crippen LogP) is 1.46. The van der Waals surface area contributed by atoms with Gasteiger partial charge in [-0.3, -0.25) is 19.5 Å². The Morgan fingerprint density at radius 2 is 1.62 bits per heavy atom. The van der Waals surface area contributed by atoms with Crippen LogP contribution in [0.5, 0.6) is 0 Å². The average Bonchev–Trinajstić information content (AvgIpc) is 3.65. The van der Waals surface area contributed by atoms with Gasteiger partial charge in [0.25, 0.3) is 5.56 Å². The number of piperazine rings is 2. The minimum atomic E-state index is -0.111. The van der Waals surface area contributed by atoms with Crippen LogP contribution in [0, 0.1) is 12.8 Å². The molecule has 1 aliphatic carbocycles. The smallest absolute Gasteiger partial charge is 0.252 e. The molecule has 0 unspecified atom stereocenters. The number of hydrogen-bond acceptors (Lipinski definition) is 6. The van der Waals surface area contributed by atoms with Gasteiger partial charge in [0.1, 0.15) is 0 Å². The van der Waals surface area contributed by atoms with E-state index in [0.717, 1.165) is 44.7 Å². The summed E-state index contributed by atoms with van der Waals surface area (Å²) in [4.78, 5) is 41.1. The number of nitrogens with zero attached hydrogens (tertiary/aromatic N) is 5. The minimum absolute atomic E-state index is 0.111. The number of nitrogens with one attached hydrogen (secondary N) is 1. The summed E-state index contributed by atoms with van der Waals surface area (Å²) in [5.74, 6) is 1.18. The fourth-order valence-corrected chi connectivity index (χ4v) is 4.60. The highest BCUT2D eigenvalue weighted by molar-refractivity contribution is 5.81. The van der Waals surface area contributed by atoms with Crippen molar-refractivity contribution in [1.29, 1.82) is 0 Å². The Balaban J connectivity index is 1.17. The first-order chi connectivity index (χ1) is 15.5. The molecule has 3 heterocycles. The zero-order valence-corrected chi connectivity index (χ0v) is 18.8. The van der Waals surface area contributed by atoms with Gasteiger partial charge >= 0.3 is 0 Å². The summed E-state index contributed by atoms with van der Waals surface area (Å²) in [5, 5.41) is 0. The number of carbonyl (C=O) groups is 1. The molecule has 1 aromatic carbocycles. The van der Waals surface area contributed by atoms with E-state index in [1.165, 1.54) is 11.3 Å². The maximum atomic E-state index is 12.3. The second-order valence-electron chi connectivity index (χ2n) is 9.25. The summed E-state index contributed by atoms with van der Waals surface area (Å²) >= 11 is 0. The fourth-order valence-electron chi connectivity index (χ4n) is 4.60. The van der Waals surface area contributed by atoms with Crippen LogP contribution < -0.4 is 15.4 Å². The normalized spacial score (nSPS) is 20.0. The molecule has 1 N–H and O–H groups in total. The Bertz CT molecular complexity index is 1000. The van der Waals surface area contributed by atoms with Crippen molar-refractivity contribution in [3.63, 3.8) is 0 Å². The Labute approximate surface area is 188 Å². The SMILES string of the molecule is Cc1ccc(N2CCN(Cc3cc(=O)[nH]c(N4CCN(C(=O)C5CC5)CC4)n3)CC2)cc1. The van der Waals surface area contributed by atoms with E-state index in [9.17, 15) is 9.59 Å². The summed E-state index contributed by atoms with van der Waals surface area (Å²) in [6.07, 6.45) is 2.07. The second-order valence-corrected chi connectivity index (χ2v) is 9.25. The zero-order chi connectivity index (χ0) is 22.1. The van der Waals surface area contributed by atoms with Crippen LogP contribution in [0.4, 0.5) is 11.6 Å². The number of aromatic amines is 1. The van der Waals surface area contributed by atoms with Crippen LogP contribution in [0.1, 0.15) is 24.1 Å². The van der Waals surface area contributed by atoms with Crippen LogP contribution in [0.3, 0.4) is 0 Å². The summed E-state index contributed by atoms with van der Waals surface area (Å²) in [6.45, 7) is 9.43. The van der Waals surface area contributed by atoms with Crippen molar-refractivity contribution in [2.24, 2.45) is 5.92 Å². The molecule has 1 amide bonds. The first-order valence-electron chi connectivity index (χ1n) is 11.7. The molecule has 0 radical (unpaired) electrons. The first-order valence-corrected chi connectivity index (χ1v) is 11.7. The van der Waals surface area contributed by atoms with Crippen LogP contribution in [0.2, 0.25) is 0 Å². The number of amides is 1. The van der Waals surface area contributed by atoms with E-state index in [1.54, 1.807) is 6.07 Å². The van der Waals surface area contributed by atoms with Gasteiger partial charge in [-0.1, -0.05) is 17.7 Å². The molecular weight excluding hydrogens is 404 g/mol. The molecular formula is C24H32N6O2. The largest absolute Gasteiger partial charge is 0.369 e. The van der Waals surface area contributed by atoms with E-state index in [2.05, 4.69) is 50.9 Å².